The van der Waals surface area contributed by atoms with E-state index in [1.807, 2.05) is 72.1 Å². The molecule has 0 radical (unpaired) electrons. The Hall–Kier alpha value is -2.19. The van der Waals surface area contributed by atoms with Gasteiger partial charge in [0.2, 0.25) is 0 Å². The molecule has 1 aromatic heterocycles. The van der Waals surface area contributed by atoms with E-state index in [0.29, 0.717) is 0 Å². The second kappa shape index (κ2) is 5.21. The van der Waals surface area contributed by atoms with Crippen LogP contribution in [0.15, 0.2) is 72.1 Å². The highest BCUT2D eigenvalue weighted by Crippen LogP contribution is 2.30. The lowest BCUT2D eigenvalue weighted by Crippen LogP contribution is -2.00. The monoisotopic (exact) mass is 264 g/mol. The maximum atomic E-state index is 12.5. The first kappa shape index (κ1) is 11.9. The van der Waals surface area contributed by atoms with E-state index < -0.39 is 0 Å². The SMILES string of the molecule is O=C(c1ccccc1)c1ccsc1-c1ccccc1. The van der Waals surface area contributed by atoms with Crippen LogP contribution >= 0.6 is 11.3 Å². The molecular formula is C17H12OS. The standard InChI is InChI=1S/C17H12OS/c18-16(13-7-3-1-4-8-13)15-11-12-19-17(15)14-9-5-2-6-10-14/h1-12H. The Balaban J connectivity index is 2.04. The molecule has 0 fully saturated rings. The van der Waals surface area contributed by atoms with E-state index >= 15 is 0 Å². The Morgan fingerprint density at radius 3 is 2.11 bits per heavy atom. The van der Waals surface area contributed by atoms with Gasteiger partial charge in [0.1, 0.15) is 0 Å². The van der Waals surface area contributed by atoms with Crippen LogP contribution in [0.2, 0.25) is 0 Å². The largest absolute Gasteiger partial charge is 0.289 e. The van der Waals surface area contributed by atoms with E-state index in [-0.39, 0.29) is 5.78 Å². The minimum atomic E-state index is 0.0840. The molecule has 0 aliphatic heterocycles. The first-order valence-corrected chi connectivity index (χ1v) is 6.97. The van der Waals surface area contributed by atoms with Crippen molar-refractivity contribution in [2.24, 2.45) is 0 Å². The summed E-state index contributed by atoms with van der Waals surface area (Å²) in [6.45, 7) is 0. The average molecular weight is 264 g/mol. The highest BCUT2D eigenvalue weighted by Gasteiger charge is 2.15. The van der Waals surface area contributed by atoms with Gasteiger partial charge in [-0.15, -0.1) is 11.3 Å². The summed E-state index contributed by atoms with van der Waals surface area (Å²) < 4.78 is 0. The number of ketones is 1. The number of carbonyl (C=O) groups is 1. The average Bonchev–Trinajstić information content (AvgIpc) is 2.98. The van der Waals surface area contributed by atoms with Crippen molar-refractivity contribution in [3.8, 4) is 10.4 Å². The summed E-state index contributed by atoms with van der Waals surface area (Å²) >= 11 is 1.60. The van der Waals surface area contributed by atoms with Crippen molar-refractivity contribution in [3.05, 3.63) is 83.2 Å². The zero-order valence-electron chi connectivity index (χ0n) is 10.2. The maximum absolute atomic E-state index is 12.5. The Morgan fingerprint density at radius 2 is 1.42 bits per heavy atom. The molecule has 0 N–H and O–H groups in total. The van der Waals surface area contributed by atoms with Gasteiger partial charge in [0, 0.05) is 16.0 Å². The molecule has 19 heavy (non-hydrogen) atoms. The molecule has 0 saturated heterocycles. The van der Waals surface area contributed by atoms with Crippen molar-refractivity contribution < 1.29 is 4.79 Å². The lowest BCUT2D eigenvalue weighted by molar-refractivity contribution is 0.103. The molecule has 0 spiro atoms. The lowest BCUT2D eigenvalue weighted by Gasteiger charge is -2.03. The van der Waals surface area contributed by atoms with Crippen LogP contribution in [0.5, 0.6) is 0 Å². The molecule has 0 saturated carbocycles. The van der Waals surface area contributed by atoms with Crippen LogP contribution in [-0.4, -0.2) is 5.78 Å². The number of rotatable bonds is 3. The predicted molar refractivity (Wildman–Crippen MR) is 79.6 cm³/mol. The van der Waals surface area contributed by atoms with Crippen LogP contribution in [0.1, 0.15) is 15.9 Å². The van der Waals surface area contributed by atoms with E-state index in [9.17, 15) is 4.79 Å². The zero-order chi connectivity index (χ0) is 13.1. The quantitative estimate of drug-likeness (QED) is 0.629. The van der Waals surface area contributed by atoms with Crippen LogP contribution in [0, 0.1) is 0 Å². The number of hydrogen-bond acceptors (Lipinski definition) is 2. The van der Waals surface area contributed by atoms with E-state index in [0.717, 1.165) is 21.6 Å². The summed E-state index contributed by atoms with van der Waals surface area (Å²) in [6.07, 6.45) is 0. The van der Waals surface area contributed by atoms with E-state index in [1.165, 1.54) is 0 Å². The van der Waals surface area contributed by atoms with Crippen LogP contribution in [0.25, 0.3) is 10.4 Å². The molecule has 0 unspecified atom stereocenters. The molecule has 1 heterocycles. The number of thiophene rings is 1. The topological polar surface area (TPSA) is 17.1 Å². The lowest BCUT2D eigenvalue weighted by atomic mass is 10.0. The Labute approximate surface area is 116 Å². The fourth-order valence-corrected chi connectivity index (χ4v) is 2.95. The Kier molecular flexibility index (Phi) is 3.25. The highest BCUT2D eigenvalue weighted by atomic mass is 32.1. The van der Waals surface area contributed by atoms with Gasteiger partial charge < -0.3 is 0 Å². The maximum Gasteiger partial charge on any atom is 0.194 e. The molecule has 92 valence electrons. The van der Waals surface area contributed by atoms with Crippen LogP contribution in [0.3, 0.4) is 0 Å². The summed E-state index contributed by atoms with van der Waals surface area (Å²) in [5, 5.41) is 1.97. The fraction of sp³-hybridized carbons (Fsp3) is 0. The van der Waals surface area contributed by atoms with Crippen molar-refractivity contribution in [3.63, 3.8) is 0 Å². The van der Waals surface area contributed by atoms with Crippen molar-refractivity contribution in [2.75, 3.05) is 0 Å². The molecule has 2 heteroatoms. The van der Waals surface area contributed by atoms with Gasteiger partial charge in [0.25, 0.3) is 0 Å². The van der Waals surface area contributed by atoms with E-state index in [2.05, 4.69) is 0 Å². The van der Waals surface area contributed by atoms with Crippen LogP contribution in [-0.2, 0) is 0 Å². The summed E-state index contributed by atoms with van der Waals surface area (Å²) in [7, 11) is 0. The molecule has 0 amide bonds. The molecule has 0 aliphatic rings. The van der Waals surface area contributed by atoms with Crippen molar-refractivity contribution in [1.82, 2.24) is 0 Å². The minimum Gasteiger partial charge on any atom is -0.289 e. The van der Waals surface area contributed by atoms with Crippen molar-refractivity contribution >= 4 is 17.1 Å². The van der Waals surface area contributed by atoms with Crippen LogP contribution < -0.4 is 0 Å². The molecule has 0 atom stereocenters. The molecule has 3 rings (SSSR count). The first-order chi connectivity index (χ1) is 9.36. The molecule has 0 bridgehead atoms. The predicted octanol–water partition coefficient (Wildman–Crippen LogP) is 4.65. The number of carbonyl (C=O) groups excluding carboxylic acids is 1. The van der Waals surface area contributed by atoms with E-state index in [4.69, 9.17) is 0 Å². The third-order valence-corrected chi connectivity index (χ3v) is 3.95. The highest BCUT2D eigenvalue weighted by molar-refractivity contribution is 7.14. The van der Waals surface area contributed by atoms with Crippen molar-refractivity contribution in [2.45, 2.75) is 0 Å². The number of benzene rings is 2. The Bertz CT molecular complexity index is 684. The third kappa shape index (κ3) is 2.35. The summed E-state index contributed by atoms with van der Waals surface area (Å²) in [5.41, 5.74) is 2.61. The van der Waals surface area contributed by atoms with E-state index in [1.54, 1.807) is 11.3 Å². The van der Waals surface area contributed by atoms with Gasteiger partial charge in [-0.3, -0.25) is 4.79 Å². The fourth-order valence-electron chi connectivity index (χ4n) is 2.05. The molecule has 1 nitrogen and oxygen atoms in total. The molecular weight excluding hydrogens is 252 g/mol. The molecule has 3 aromatic rings. The van der Waals surface area contributed by atoms with Gasteiger partial charge in [-0.25, -0.2) is 0 Å². The Morgan fingerprint density at radius 1 is 0.789 bits per heavy atom. The van der Waals surface area contributed by atoms with Gasteiger partial charge in [0.05, 0.1) is 0 Å². The summed E-state index contributed by atoms with van der Waals surface area (Å²) in [4.78, 5) is 13.5. The second-order valence-electron chi connectivity index (χ2n) is 4.22. The molecule has 0 aliphatic carbocycles. The van der Waals surface area contributed by atoms with Crippen molar-refractivity contribution in [1.29, 1.82) is 0 Å². The van der Waals surface area contributed by atoms with Gasteiger partial charge in [-0.2, -0.15) is 0 Å². The van der Waals surface area contributed by atoms with Gasteiger partial charge in [-0.05, 0) is 17.0 Å². The smallest absolute Gasteiger partial charge is 0.194 e. The second-order valence-corrected chi connectivity index (χ2v) is 5.14. The third-order valence-electron chi connectivity index (χ3n) is 2.98. The summed E-state index contributed by atoms with van der Waals surface area (Å²) in [5.74, 6) is 0.0840. The minimum absolute atomic E-state index is 0.0840. The molecule has 2 aromatic carbocycles. The van der Waals surface area contributed by atoms with Gasteiger partial charge in [0.15, 0.2) is 5.78 Å². The van der Waals surface area contributed by atoms with Gasteiger partial charge >= 0.3 is 0 Å². The van der Waals surface area contributed by atoms with Crippen LogP contribution in [0.4, 0.5) is 0 Å². The van der Waals surface area contributed by atoms with Gasteiger partial charge in [-0.1, -0.05) is 60.7 Å². The first-order valence-electron chi connectivity index (χ1n) is 6.09. The number of hydrogen-bond donors (Lipinski definition) is 0. The zero-order valence-corrected chi connectivity index (χ0v) is 11.1. The summed E-state index contributed by atoms with van der Waals surface area (Å²) in [6, 6.07) is 21.4. The normalized spacial score (nSPS) is 10.3.